The molecule has 1 aromatic heterocycles. The van der Waals surface area contributed by atoms with Crippen molar-refractivity contribution in [3.63, 3.8) is 0 Å². The number of nitrogens with zero attached hydrogens (tertiary/aromatic N) is 1. The van der Waals surface area contributed by atoms with Gasteiger partial charge < -0.3 is 19.6 Å². The summed E-state index contributed by atoms with van der Waals surface area (Å²) < 4.78 is 17.0. The molecule has 1 aromatic carbocycles. The fourth-order valence-electron chi connectivity index (χ4n) is 3.99. The van der Waals surface area contributed by atoms with Crippen LogP contribution < -0.4 is 10.5 Å². The number of nitriles is 1. The number of allylic oxidation sites excluding steroid dienone is 3. The van der Waals surface area contributed by atoms with Gasteiger partial charge in [0.15, 0.2) is 5.78 Å². The number of hydrogen-bond donors (Lipinski definition) is 1. The zero-order valence-corrected chi connectivity index (χ0v) is 16.6. The van der Waals surface area contributed by atoms with Crippen LogP contribution >= 0.6 is 0 Å². The first-order valence-electron chi connectivity index (χ1n) is 9.41. The average molecular weight is 390 g/mol. The summed E-state index contributed by atoms with van der Waals surface area (Å²) in [4.78, 5) is 13.0. The molecule has 6 nitrogen and oxygen atoms in total. The summed E-state index contributed by atoms with van der Waals surface area (Å²) in [5, 5.41) is 9.70. The number of carbonyl (C=O) groups excluding carboxylic acids is 1. The van der Waals surface area contributed by atoms with Crippen molar-refractivity contribution in [2.45, 2.75) is 32.6 Å². The molecule has 0 unspecified atom stereocenters. The second kappa shape index (κ2) is 6.85. The van der Waals surface area contributed by atoms with Crippen LogP contribution in [0.3, 0.4) is 0 Å². The summed E-state index contributed by atoms with van der Waals surface area (Å²) in [6.07, 6.45) is 0.965. The predicted molar refractivity (Wildman–Crippen MR) is 106 cm³/mol. The fourth-order valence-corrected chi connectivity index (χ4v) is 3.99. The van der Waals surface area contributed by atoms with Gasteiger partial charge in [-0.15, -0.1) is 0 Å². The minimum atomic E-state index is -0.653. The monoisotopic (exact) mass is 390 g/mol. The van der Waals surface area contributed by atoms with Gasteiger partial charge in [-0.05, 0) is 41.8 Å². The summed E-state index contributed by atoms with van der Waals surface area (Å²) in [6, 6.07) is 13.2. The van der Waals surface area contributed by atoms with Crippen LogP contribution in [-0.2, 0) is 9.53 Å². The van der Waals surface area contributed by atoms with E-state index in [1.807, 2.05) is 44.2 Å². The maximum atomic E-state index is 13.0. The van der Waals surface area contributed by atoms with Crippen LogP contribution in [0.25, 0.3) is 11.3 Å². The van der Waals surface area contributed by atoms with Crippen LogP contribution in [0.4, 0.5) is 0 Å². The van der Waals surface area contributed by atoms with Crippen LogP contribution in [0, 0.1) is 16.7 Å². The van der Waals surface area contributed by atoms with Crippen molar-refractivity contribution in [2.24, 2.45) is 11.1 Å². The number of ketones is 1. The third kappa shape index (κ3) is 3.29. The molecule has 1 aliphatic carbocycles. The van der Waals surface area contributed by atoms with E-state index >= 15 is 0 Å². The number of Topliss-reactive ketones (excluding diaryl/α,β-unsaturated/α-hetero) is 1. The Balaban J connectivity index is 1.78. The minimum absolute atomic E-state index is 0.0316. The van der Waals surface area contributed by atoms with Gasteiger partial charge in [0, 0.05) is 24.0 Å². The molecule has 4 rings (SSSR count). The Morgan fingerprint density at radius 1 is 1.17 bits per heavy atom. The third-order valence-electron chi connectivity index (χ3n) is 5.36. The van der Waals surface area contributed by atoms with Gasteiger partial charge >= 0.3 is 0 Å². The van der Waals surface area contributed by atoms with Crippen molar-refractivity contribution in [1.29, 1.82) is 5.26 Å². The molecule has 0 saturated heterocycles. The molecule has 0 saturated carbocycles. The normalized spacial score (nSPS) is 20.8. The highest BCUT2D eigenvalue weighted by Gasteiger charge is 2.44. The van der Waals surface area contributed by atoms with Crippen molar-refractivity contribution in [3.05, 3.63) is 64.9 Å². The molecule has 2 aromatic rings. The number of carbonyl (C=O) groups is 1. The van der Waals surface area contributed by atoms with Crippen molar-refractivity contribution in [1.82, 2.24) is 0 Å². The third-order valence-corrected chi connectivity index (χ3v) is 5.36. The first kappa shape index (κ1) is 18.9. The lowest BCUT2D eigenvalue weighted by atomic mass is 9.71. The molecular formula is C23H22N2O4. The van der Waals surface area contributed by atoms with E-state index in [1.165, 1.54) is 0 Å². The summed E-state index contributed by atoms with van der Waals surface area (Å²) in [5.74, 6) is 1.76. The lowest BCUT2D eigenvalue weighted by molar-refractivity contribution is -0.119. The topological polar surface area (TPSA) is 98.5 Å². The second-order valence-corrected chi connectivity index (χ2v) is 8.13. The molecule has 2 N–H and O–H groups in total. The highest BCUT2D eigenvalue weighted by Crippen LogP contribution is 2.48. The van der Waals surface area contributed by atoms with Gasteiger partial charge in [0.1, 0.15) is 34.7 Å². The Hall–Kier alpha value is -3.46. The molecule has 6 heteroatoms. The van der Waals surface area contributed by atoms with Crippen LogP contribution in [-0.4, -0.2) is 12.9 Å². The molecule has 2 aliphatic rings. The van der Waals surface area contributed by atoms with Crippen LogP contribution in [0.1, 0.15) is 38.4 Å². The largest absolute Gasteiger partial charge is 0.497 e. The maximum absolute atomic E-state index is 13.0. The molecule has 0 bridgehead atoms. The van der Waals surface area contributed by atoms with Crippen molar-refractivity contribution < 1.29 is 18.7 Å². The van der Waals surface area contributed by atoms with E-state index < -0.39 is 5.92 Å². The molecular weight excluding hydrogens is 368 g/mol. The van der Waals surface area contributed by atoms with Gasteiger partial charge in [-0.2, -0.15) is 5.26 Å². The Bertz CT molecular complexity index is 1080. The van der Waals surface area contributed by atoms with E-state index in [-0.39, 0.29) is 22.7 Å². The Kier molecular flexibility index (Phi) is 4.46. The molecule has 29 heavy (non-hydrogen) atoms. The SMILES string of the molecule is COc1ccc(-c2ccc([C@H]3C(C#N)=C(N)OC4=C3C(=O)CC(C)(C)C4)o2)cc1. The van der Waals surface area contributed by atoms with E-state index in [0.717, 1.165) is 11.3 Å². The average Bonchev–Trinajstić information content (AvgIpc) is 3.15. The molecule has 1 aliphatic heterocycles. The number of ether oxygens (including phenoxy) is 2. The number of rotatable bonds is 3. The number of furan rings is 1. The van der Waals surface area contributed by atoms with Gasteiger partial charge in [-0.25, -0.2) is 0 Å². The molecule has 148 valence electrons. The van der Waals surface area contributed by atoms with E-state index in [4.69, 9.17) is 19.6 Å². The Morgan fingerprint density at radius 3 is 2.55 bits per heavy atom. The number of benzene rings is 1. The summed E-state index contributed by atoms with van der Waals surface area (Å²) in [7, 11) is 1.61. The standard InChI is InChI=1S/C23H22N2O4/c1-23(2)10-16(26)21-19(11-23)29-22(25)15(12-24)20(21)18-9-8-17(28-18)13-4-6-14(27-3)7-5-13/h4-9,20H,10-11,25H2,1-3H3/t20-/m1/s1. The minimum Gasteiger partial charge on any atom is -0.497 e. The zero-order chi connectivity index (χ0) is 20.8. The summed E-state index contributed by atoms with van der Waals surface area (Å²) >= 11 is 0. The van der Waals surface area contributed by atoms with E-state index in [1.54, 1.807) is 13.2 Å². The predicted octanol–water partition coefficient (Wildman–Crippen LogP) is 4.41. The van der Waals surface area contributed by atoms with E-state index in [2.05, 4.69) is 6.07 Å². The van der Waals surface area contributed by atoms with Gasteiger partial charge in [-0.3, -0.25) is 4.79 Å². The van der Waals surface area contributed by atoms with Crippen LogP contribution in [0.2, 0.25) is 0 Å². The summed E-state index contributed by atoms with van der Waals surface area (Å²) in [5.41, 5.74) is 7.37. The Labute approximate surface area is 169 Å². The Morgan fingerprint density at radius 2 is 1.90 bits per heavy atom. The highest BCUT2D eigenvalue weighted by atomic mass is 16.5. The van der Waals surface area contributed by atoms with Crippen molar-refractivity contribution in [2.75, 3.05) is 7.11 Å². The molecule has 0 spiro atoms. The molecule has 1 atom stereocenters. The van der Waals surface area contributed by atoms with Crippen molar-refractivity contribution >= 4 is 5.78 Å². The molecule has 2 heterocycles. The van der Waals surface area contributed by atoms with Gasteiger partial charge in [0.25, 0.3) is 0 Å². The lowest BCUT2D eigenvalue weighted by Gasteiger charge is -2.36. The molecule has 0 amide bonds. The lowest BCUT2D eigenvalue weighted by Crippen LogP contribution is -2.33. The van der Waals surface area contributed by atoms with Gasteiger partial charge in [-0.1, -0.05) is 13.8 Å². The second-order valence-electron chi connectivity index (χ2n) is 8.13. The van der Waals surface area contributed by atoms with Crippen molar-refractivity contribution in [3.8, 4) is 23.1 Å². The maximum Gasteiger partial charge on any atom is 0.205 e. The fraction of sp³-hybridized carbons (Fsp3) is 0.304. The number of methoxy groups -OCH3 is 1. The first-order valence-corrected chi connectivity index (χ1v) is 9.41. The van der Waals surface area contributed by atoms with Crippen LogP contribution in [0.5, 0.6) is 5.75 Å². The van der Waals surface area contributed by atoms with E-state index in [0.29, 0.717) is 35.7 Å². The summed E-state index contributed by atoms with van der Waals surface area (Å²) in [6.45, 7) is 4.03. The van der Waals surface area contributed by atoms with Crippen LogP contribution in [0.15, 0.2) is 63.6 Å². The van der Waals surface area contributed by atoms with E-state index in [9.17, 15) is 10.1 Å². The first-order chi connectivity index (χ1) is 13.8. The quantitative estimate of drug-likeness (QED) is 0.834. The van der Waals surface area contributed by atoms with Gasteiger partial charge in [0.05, 0.1) is 13.0 Å². The molecule has 0 fully saturated rings. The van der Waals surface area contributed by atoms with Gasteiger partial charge in [0.2, 0.25) is 5.88 Å². The number of nitrogens with two attached hydrogens (primary N) is 1. The smallest absolute Gasteiger partial charge is 0.205 e. The highest BCUT2D eigenvalue weighted by molar-refractivity contribution is 5.99. The zero-order valence-electron chi connectivity index (χ0n) is 16.6. The number of hydrogen-bond acceptors (Lipinski definition) is 6. The molecule has 0 radical (unpaired) electrons.